The van der Waals surface area contributed by atoms with Crippen molar-refractivity contribution in [3.63, 3.8) is 0 Å². The molecule has 1 aromatic carbocycles. The molecule has 28 heavy (non-hydrogen) atoms. The molecule has 9 heteroatoms. The van der Waals surface area contributed by atoms with Crippen LogP contribution < -0.4 is 5.32 Å². The van der Waals surface area contributed by atoms with Gasteiger partial charge in [-0.2, -0.15) is 5.10 Å². The molecule has 0 spiro atoms. The van der Waals surface area contributed by atoms with E-state index in [0.717, 1.165) is 16.4 Å². The Bertz CT molecular complexity index is 1120. The standard InChI is InChI=1S/C19H15FN6OS/c1-11-4-3-5-14(20)17(11)18(27)24-16-9-22-15(8-23-16)13-10-26(25-12(13)2)19-21-6-7-28-19/h3-10H,1-2H3,(H,23,24,27). The molecule has 7 nitrogen and oxygen atoms in total. The molecule has 0 saturated heterocycles. The van der Waals surface area contributed by atoms with Crippen LogP contribution >= 0.6 is 11.3 Å². The average Bonchev–Trinajstić information content (AvgIpc) is 3.32. The van der Waals surface area contributed by atoms with Gasteiger partial charge in [-0.05, 0) is 25.5 Å². The van der Waals surface area contributed by atoms with Gasteiger partial charge in [-0.3, -0.25) is 9.78 Å². The minimum atomic E-state index is -0.577. The number of nitrogens with one attached hydrogen (secondary N) is 1. The number of carbonyl (C=O) groups is 1. The lowest BCUT2D eigenvalue weighted by atomic mass is 10.1. The van der Waals surface area contributed by atoms with E-state index in [1.807, 2.05) is 18.5 Å². The van der Waals surface area contributed by atoms with Crippen molar-refractivity contribution in [2.24, 2.45) is 0 Å². The van der Waals surface area contributed by atoms with E-state index in [1.54, 1.807) is 36.1 Å². The molecule has 0 aliphatic rings. The molecule has 0 bridgehead atoms. The van der Waals surface area contributed by atoms with Crippen molar-refractivity contribution < 1.29 is 9.18 Å². The molecule has 0 atom stereocenters. The van der Waals surface area contributed by atoms with E-state index >= 15 is 0 Å². The maximum atomic E-state index is 13.9. The highest BCUT2D eigenvalue weighted by molar-refractivity contribution is 7.12. The van der Waals surface area contributed by atoms with Crippen molar-refractivity contribution in [3.8, 4) is 16.4 Å². The predicted molar refractivity (Wildman–Crippen MR) is 104 cm³/mol. The maximum Gasteiger partial charge on any atom is 0.260 e. The van der Waals surface area contributed by atoms with Gasteiger partial charge in [0.15, 0.2) is 5.82 Å². The lowest BCUT2D eigenvalue weighted by Crippen LogP contribution is -2.16. The Labute approximate surface area is 163 Å². The van der Waals surface area contributed by atoms with Crippen molar-refractivity contribution in [2.45, 2.75) is 13.8 Å². The second-order valence-corrected chi connectivity index (χ2v) is 6.93. The Hall–Kier alpha value is -3.46. The van der Waals surface area contributed by atoms with Crippen LogP contribution in [0.3, 0.4) is 0 Å². The molecule has 0 saturated carbocycles. The third kappa shape index (κ3) is 3.39. The minimum absolute atomic E-state index is 0.00561. The number of halogens is 1. The third-order valence-corrected chi connectivity index (χ3v) is 4.89. The Morgan fingerprint density at radius 3 is 2.71 bits per heavy atom. The number of anilines is 1. The number of thiazole rings is 1. The Balaban J connectivity index is 1.56. The van der Waals surface area contributed by atoms with Crippen LogP contribution in [-0.2, 0) is 0 Å². The molecule has 0 radical (unpaired) electrons. The minimum Gasteiger partial charge on any atom is -0.305 e. The number of hydrogen-bond acceptors (Lipinski definition) is 6. The van der Waals surface area contributed by atoms with Crippen LogP contribution in [0.4, 0.5) is 10.2 Å². The van der Waals surface area contributed by atoms with Crippen molar-refractivity contribution in [2.75, 3.05) is 5.32 Å². The number of hydrogen-bond donors (Lipinski definition) is 1. The Morgan fingerprint density at radius 1 is 1.18 bits per heavy atom. The highest BCUT2D eigenvalue weighted by Crippen LogP contribution is 2.23. The molecular formula is C19H15FN6OS. The SMILES string of the molecule is Cc1cccc(F)c1C(=O)Nc1cnc(-c2cn(-c3nccs3)nc2C)cn1. The molecule has 1 N–H and O–H groups in total. The zero-order chi connectivity index (χ0) is 19.7. The lowest BCUT2D eigenvalue weighted by molar-refractivity contribution is 0.102. The Kier molecular flexibility index (Phi) is 4.66. The van der Waals surface area contributed by atoms with Crippen LogP contribution in [0.25, 0.3) is 16.4 Å². The summed E-state index contributed by atoms with van der Waals surface area (Å²) >= 11 is 1.48. The molecule has 0 aliphatic carbocycles. The smallest absolute Gasteiger partial charge is 0.260 e. The van der Waals surface area contributed by atoms with E-state index in [2.05, 4.69) is 25.4 Å². The topological polar surface area (TPSA) is 85.6 Å². The zero-order valence-electron chi connectivity index (χ0n) is 15.0. The summed E-state index contributed by atoms with van der Waals surface area (Å²) in [5.41, 5.74) is 2.75. The maximum absolute atomic E-state index is 13.9. The van der Waals surface area contributed by atoms with Crippen LogP contribution in [0.1, 0.15) is 21.6 Å². The molecule has 140 valence electrons. The van der Waals surface area contributed by atoms with E-state index in [4.69, 9.17) is 0 Å². The van der Waals surface area contributed by atoms with Gasteiger partial charge in [0.2, 0.25) is 5.13 Å². The molecule has 0 aliphatic heterocycles. The molecule has 3 heterocycles. The normalized spacial score (nSPS) is 10.8. The van der Waals surface area contributed by atoms with E-state index in [-0.39, 0.29) is 11.4 Å². The molecular weight excluding hydrogens is 379 g/mol. The summed E-state index contributed by atoms with van der Waals surface area (Å²) in [5.74, 6) is -0.904. The fraction of sp³-hybridized carbons (Fsp3) is 0.105. The quantitative estimate of drug-likeness (QED) is 0.569. The van der Waals surface area contributed by atoms with Crippen LogP contribution in [-0.4, -0.2) is 30.6 Å². The van der Waals surface area contributed by atoms with Crippen LogP contribution in [0, 0.1) is 19.7 Å². The predicted octanol–water partition coefficient (Wildman–Crippen LogP) is 3.79. The van der Waals surface area contributed by atoms with E-state index in [0.29, 0.717) is 11.3 Å². The van der Waals surface area contributed by atoms with Gasteiger partial charge in [0.1, 0.15) is 5.82 Å². The number of aromatic nitrogens is 5. The molecule has 4 rings (SSSR count). The number of nitrogens with zero attached hydrogens (tertiary/aromatic N) is 5. The highest BCUT2D eigenvalue weighted by atomic mass is 32.1. The van der Waals surface area contributed by atoms with Crippen molar-refractivity contribution >= 4 is 23.1 Å². The van der Waals surface area contributed by atoms with E-state index < -0.39 is 11.7 Å². The summed E-state index contributed by atoms with van der Waals surface area (Å²) in [4.78, 5) is 25.2. The average molecular weight is 394 g/mol. The molecule has 0 unspecified atom stereocenters. The van der Waals surface area contributed by atoms with Gasteiger partial charge in [-0.15, -0.1) is 11.3 Å². The highest BCUT2D eigenvalue weighted by Gasteiger charge is 2.16. The summed E-state index contributed by atoms with van der Waals surface area (Å²) < 4.78 is 15.6. The first-order valence-corrected chi connectivity index (χ1v) is 9.26. The van der Waals surface area contributed by atoms with Crippen molar-refractivity contribution in [1.82, 2.24) is 24.7 Å². The lowest BCUT2D eigenvalue weighted by Gasteiger charge is -2.08. The van der Waals surface area contributed by atoms with Gasteiger partial charge in [-0.1, -0.05) is 12.1 Å². The first kappa shape index (κ1) is 17.9. The van der Waals surface area contributed by atoms with E-state index in [1.165, 1.54) is 23.6 Å². The van der Waals surface area contributed by atoms with Crippen molar-refractivity contribution in [3.05, 3.63) is 71.0 Å². The first-order chi connectivity index (χ1) is 13.5. The number of carbonyl (C=O) groups excluding carboxylic acids is 1. The number of rotatable bonds is 4. The van der Waals surface area contributed by atoms with Crippen LogP contribution in [0.5, 0.6) is 0 Å². The van der Waals surface area contributed by atoms with Crippen LogP contribution in [0.2, 0.25) is 0 Å². The van der Waals surface area contributed by atoms with Gasteiger partial charge in [0.05, 0.1) is 29.3 Å². The summed E-state index contributed by atoms with van der Waals surface area (Å²) in [6, 6.07) is 4.49. The number of benzene rings is 1. The van der Waals surface area contributed by atoms with Gasteiger partial charge >= 0.3 is 0 Å². The number of amides is 1. The summed E-state index contributed by atoms with van der Waals surface area (Å²) in [6.45, 7) is 3.55. The number of aryl methyl sites for hydroxylation is 2. The van der Waals surface area contributed by atoms with Gasteiger partial charge in [0, 0.05) is 23.3 Å². The summed E-state index contributed by atoms with van der Waals surface area (Å²) in [7, 11) is 0. The molecule has 4 aromatic rings. The van der Waals surface area contributed by atoms with Gasteiger partial charge in [0.25, 0.3) is 5.91 Å². The van der Waals surface area contributed by atoms with Gasteiger partial charge in [-0.25, -0.2) is 19.0 Å². The monoisotopic (exact) mass is 394 g/mol. The molecule has 3 aromatic heterocycles. The molecule has 0 fully saturated rings. The van der Waals surface area contributed by atoms with E-state index in [9.17, 15) is 9.18 Å². The molecule has 1 amide bonds. The van der Waals surface area contributed by atoms with Crippen LogP contribution in [0.15, 0.2) is 48.4 Å². The third-order valence-electron chi connectivity index (χ3n) is 4.13. The second-order valence-electron chi connectivity index (χ2n) is 6.06. The fourth-order valence-electron chi connectivity index (χ4n) is 2.77. The summed E-state index contributed by atoms with van der Waals surface area (Å²) in [6.07, 6.45) is 6.52. The zero-order valence-corrected chi connectivity index (χ0v) is 15.9. The second kappa shape index (κ2) is 7.28. The summed E-state index contributed by atoms with van der Waals surface area (Å²) in [5, 5.41) is 9.66. The largest absolute Gasteiger partial charge is 0.305 e. The Morgan fingerprint density at radius 2 is 2.04 bits per heavy atom. The fourth-order valence-corrected chi connectivity index (χ4v) is 3.34. The first-order valence-electron chi connectivity index (χ1n) is 8.38. The van der Waals surface area contributed by atoms with Crippen molar-refractivity contribution in [1.29, 1.82) is 0 Å². The van der Waals surface area contributed by atoms with Gasteiger partial charge < -0.3 is 5.32 Å².